The monoisotopic (exact) mass is 404 g/mol. The SMILES string of the molecule is COCCNC(=S)N/N=C\c1ccc(Oc2ccc(OC)cc2)c([N+](=O)[O-])c1. The second-order valence-corrected chi connectivity index (χ2v) is 5.79. The van der Waals surface area contributed by atoms with Gasteiger partial charge in [-0.3, -0.25) is 15.5 Å². The van der Waals surface area contributed by atoms with Gasteiger partial charge in [0.15, 0.2) is 5.11 Å². The van der Waals surface area contributed by atoms with Crippen LogP contribution in [0.5, 0.6) is 17.2 Å². The molecule has 148 valence electrons. The van der Waals surface area contributed by atoms with Crippen LogP contribution in [0.25, 0.3) is 0 Å². The van der Waals surface area contributed by atoms with Gasteiger partial charge in [0.25, 0.3) is 0 Å². The van der Waals surface area contributed by atoms with E-state index < -0.39 is 4.92 Å². The molecule has 0 radical (unpaired) electrons. The zero-order valence-corrected chi connectivity index (χ0v) is 16.2. The second kappa shape index (κ2) is 10.8. The quantitative estimate of drug-likeness (QED) is 0.216. The first-order valence-corrected chi connectivity index (χ1v) is 8.60. The van der Waals surface area contributed by atoms with Crippen LogP contribution in [0, 0.1) is 10.1 Å². The minimum absolute atomic E-state index is 0.122. The smallest absolute Gasteiger partial charge is 0.312 e. The van der Waals surface area contributed by atoms with Gasteiger partial charge in [-0.05, 0) is 48.6 Å². The normalized spacial score (nSPS) is 10.5. The van der Waals surface area contributed by atoms with Gasteiger partial charge >= 0.3 is 5.69 Å². The highest BCUT2D eigenvalue weighted by atomic mass is 32.1. The number of nitrogens with zero attached hydrogens (tertiary/aromatic N) is 2. The molecule has 0 bridgehead atoms. The van der Waals surface area contributed by atoms with Crippen LogP contribution in [-0.4, -0.2) is 43.6 Å². The molecule has 0 saturated heterocycles. The van der Waals surface area contributed by atoms with Gasteiger partial charge in [-0.15, -0.1) is 0 Å². The molecule has 2 N–H and O–H groups in total. The van der Waals surface area contributed by atoms with Gasteiger partial charge < -0.3 is 19.5 Å². The standard InChI is InChI=1S/C18H20N4O5S/c1-25-10-9-19-18(28)21-20-12-13-3-8-17(16(11-13)22(23)24)27-15-6-4-14(26-2)5-7-15/h3-8,11-12H,9-10H2,1-2H3,(H2,19,21,28)/b20-12-. The minimum atomic E-state index is -0.513. The number of methoxy groups -OCH3 is 2. The molecule has 0 saturated carbocycles. The molecular weight excluding hydrogens is 384 g/mol. The first-order valence-electron chi connectivity index (χ1n) is 8.19. The highest BCUT2D eigenvalue weighted by Crippen LogP contribution is 2.32. The Bertz CT molecular complexity index is 842. The fourth-order valence-corrected chi connectivity index (χ4v) is 2.24. The molecule has 0 aliphatic rings. The number of nitro benzene ring substituents is 1. The van der Waals surface area contributed by atoms with Crippen LogP contribution >= 0.6 is 12.2 Å². The Labute approximate surface area is 167 Å². The summed E-state index contributed by atoms with van der Waals surface area (Å²) in [6.45, 7) is 1.05. The summed E-state index contributed by atoms with van der Waals surface area (Å²) in [5, 5.41) is 18.6. The van der Waals surface area contributed by atoms with Crippen molar-refractivity contribution in [2.45, 2.75) is 0 Å². The summed E-state index contributed by atoms with van der Waals surface area (Å²) in [6, 6.07) is 11.3. The number of ether oxygens (including phenoxy) is 3. The fraction of sp³-hybridized carbons (Fsp3) is 0.222. The molecule has 10 heteroatoms. The summed E-state index contributed by atoms with van der Waals surface area (Å²) in [5.41, 5.74) is 2.96. The molecule has 0 aliphatic carbocycles. The fourth-order valence-electron chi connectivity index (χ4n) is 2.09. The highest BCUT2D eigenvalue weighted by molar-refractivity contribution is 7.80. The van der Waals surface area contributed by atoms with Crippen molar-refractivity contribution in [3.05, 3.63) is 58.1 Å². The molecule has 2 rings (SSSR count). The number of nitrogens with one attached hydrogen (secondary N) is 2. The van der Waals surface area contributed by atoms with E-state index in [1.807, 2.05) is 0 Å². The molecule has 2 aromatic rings. The largest absolute Gasteiger partial charge is 0.497 e. The average Bonchev–Trinajstić information content (AvgIpc) is 2.69. The molecule has 0 unspecified atom stereocenters. The van der Waals surface area contributed by atoms with Gasteiger partial charge in [0.1, 0.15) is 11.5 Å². The van der Waals surface area contributed by atoms with E-state index in [1.54, 1.807) is 44.6 Å². The molecule has 0 spiro atoms. The zero-order valence-electron chi connectivity index (χ0n) is 15.4. The topological polar surface area (TPSA) is 107 Å². The van der Waals surface area contributed by atoms with Crippen molar-refractivity contribution in [2.75, 3.05) is 27.4 Å². The molecule has 0 aromatic heterocycles. The number of hydrogen-bond donors (Lipinski definition) is 2. The molecular formula is C18H20N4O5S. The first-order chi connectivity index (χ1) is 13.5. The lowest BCUT2D eigenvalue weighted by atomic mass is 10.2. The van der Waals surface area contributed by atoms with Gasteiger partial charge in [0.05, 0.1) is 24.9 Å². The van der Waals surface area contributed by atoms with E-state index in [1.165, 1.54) is 18.3 Å². The Hall–Kier alpha value is -3.24. The summed E-state index contributed by atoms with van der Waals surface area (Å²) in [5.74, 6) is 1.24. The average molecular weight is 404 g/mol. The minimum Gasteiger partial charge on any atom is -0.497 e. The summed E-state index contributed by atoms with van der Waals surface area (Å²) in [6.07, 6.45) is 1.43. The van der Waals surface area contributed by atoms with Gasteiger partial charge in [-0.1, -0.05) is 0 Å². The Morgan fingerprint density at radius 1 is 1.21 bits per heavy atom. The van der Waals surface area contributed by atoms with E-state index in [4.69, 9.17) is 26.4 Å². The number of benzene rings is 2. The number of hydrazone groups is 1. The lowest BCUT2D eigenvalue weighted by molar-refractivity contribution is -0.385. The van der Waals surface area contributed by atoms with Crippen LogP contribution in [0.1, 0.15) is 5.56 Å². The molecule has 0 aliphatic heterocycles. The molecule has 9 nitrogen and oxygen atoms in total. The lowest BCUT2D eigenvalue weighted by Crippen LogP contribution is -2.34. The Balaban J connectivity index is 2.06. The molecule has 0 amide bonds. The van der Waals surface area contributed by atoms with Crippen molar-refractivity contribution in [1.29, 1.82) is 0 Å². The van der Waals surface area contributed by atoms with Crippen LogP contribution in [0.15, 0.2) is 47.6 Å². The van der Waals surface area contributed by atoms with E-state index >= 15 is 0 Å². The molecule has 0 fully saturated rings. The summed E-state index contributed by atoms with van der Waals surface area (Å²) in [7, 11) is 3.14. The van der Waals surface area contributed by atoms with Crippen LogP contribution in [0.4, 0.5) is 5.69 Å². The van der Waals surface area contributed by atoms with E-state index in [0.717, 1.165) is 0 Å². The number of rotatable bonds is 9. The first kappa shape index (κ1) is 21.1. The Morgan fingerprint density at radius 3 is 2.57 bits per heavy atom. The van der Waals surface area contributed by atoms with Gasteiger partial charge in [0, 0.05) is 25.3 Å². The Kier molecular flexibility index (Phi) is 8.12. The third kappa shape index (κ3) is 6.49. The van der Waals surface area contributed by atoms with Crippen LogP contribution in [0.2, 0.25) is 0 Å². The Morgan fingerprint density at radius 2 is 1.93 bits per heavy atom. The number of hydrogen-bond acceptors (Lipinski definition) is 7. The van der Waals surface area contributed by atoms with Crippen molar-refractivity contribution in [3.63, 3.8) is 0 Å². The molecule has 28 heavy (non-hydrogen) atoms. The zero-order chi connectivity index (χ0) is 20.4. The van der Waals surface area contributed by atoms with Gasteiger partial charge in [0.2, 0.25) is 5.75 Å². The van der Waals surface area contributed by atoms with Crippen LogP contribution in [-0.2, 0) is 4.74 Å². The summed E-state index contributed by atoms with van der Waals surface area (Å²) in [4.78, 5) is 10.9. The van der Waals surface area contributed by atoms with Crippen molar-refractivity contribution >= 4 is 29.2 Å². The molecule has 2 aromatic carbocycles. The second-order valence-electron chi connectivity index (χ2n) is 5.38. The predicted molar refractivity (Wildman–Crippen MR) is 109 cm³/mol. The highest BCUT2D eigenvalue weighted by Gasteiger charge is 2.16. The van der Waals surface area contributed by atoms with E-state index in [2.05, 4.69) is 15.8 Å². The van der Waals surface area contributed by atoms with E-state index in [-0.39, 0.29) is 11.4 Å². The van der Waals surface area contributed by atoms with E-state index in [9.17, 15) is 10.1 Å². The van der Waals surface area contributed by atoms with Gasteiger partial charge in [-0.2, -0.15) is 5.10 Å². The van der Waals surface area contributed by atoms with E-state index in [0.29, 0.717) is 35.3 Å². The number of thiocarbonyl (C=S) groups is 1. The van der Waals surface area contributed by atoms with Gasteiger partial charge in [-0.25, -0.2) is 0 Å². The molecule has 0 atom stereocenters. The van der Waals surface area contributed by atoms with Crippen molar-refractivity contribution < 1.29 is 19.1 Å². The van der Waals surface area contributed by atoms with Crippen molar-refractivity contribution in [1.82, 2.24) is 10.7 Å². The van der Waals surface area contributed by atoms with Crippen LogP contribution < -0.4 is 20.2 Å². The van der Waals surface area contributed by atoms with Crippen molar-refractivity contribution in [2.24, 2.45) is 5.10 Å². The third-order valence-electron chi connectivity index (χ3n) is 3.44. The van der Waals surface area contributed by atoms with Crippen molar-refractivity contribution in [3.8, 4) is 17.2 Å². The maximum atomic E-state index is 11.4. The molecule has 0 heterocycles. The predicted octanol–water partition coefficient (Wildman–Crippen LogP) is 2.84. The lowest BCUT2D eigenvalue weighted by Gasteiger charge is -2.08. The summed E-state index contributed by atoms with van der Waals surface area (Å²) >= 11 is 5.03. The maximum Gasteiger partial charge on any atom is 0.312 e. The number of nitro groups is 1. The van der Waals surface area contributed by atoms with Crippen LogP contribution in [0.3, 0.4) is 0 Å². The summed E-state index contributed by atoms with van der Waals surface area (Å²) < 4.78 is 15.6. The third-order valence-corrected chi connectivity index (χ3v) is 3.67. The maximum absolute atomic E-state index is 11.4.